The maximum absolute atomic E-state index is 11.7. The average molecular weight is 415 g/mol. The van der Waals surface area contributed by atoms with Gasteiger partial charge in [-0.3, -0.25) is 4.79 Å². The fourth-order valence-corrected chi connectivity index (χ4v) is 2.85. The Morgan fingerprint density at radius 2 is 1.23 bits per heavy atom. The Morgan fingerprint density at radius 3 is 1.69 bits per heavy atom. The largest absolute Gasteiger partial charge is 0.465 e. The molecule has 0 aromatic heterocycles. The van der Waals surface area contributed by atoms with Gasteiger partial charge in [-0.15, -0.1) is 24.8 Å². The minimum absolute atomic E-state index is 0. The van der Waals surface area contributed by atoms with E-state index in [4.69, 9.17) is 16.2 Å². The van der Waals surface area contributed by atoms with Gasteiger partial charge in [-0.25, -0.2) is 0 Å². The first-order valence-electron chi connectivity index (χ1n) is 10.3. The van der Waals surface area contributed by atoms with Crippen molar-refractivity contribution in [2.45, 2.75) is 109 Å². The summed E-state index contributed by atoms with van der Waals surface area (Å²) in [5.74, 6) is -0.255. The Kier molecular flexibility index (Phi) is 29.5. The number of hydrogen-bond acceptors (Lipinski definition) is 4. The zero-order valence-electron chi connectivity index (χ0n) is 16.9. The Morgan fingerprint density at radius 1 is 0.769 bits per heavy atom. The molecule has 26 heavy (non-hydrogen) atoms. The maximum Gasteiger partial charge on any atom is 0.322 e. The van der Waals surface area contributed by atoms with Gasteiger partial charge in [-0.1, -0.05) is 84.0 Å². The highest BCUT2D eigenvalue weighted by atomic mass is 35.5. The molecule has 0 heterocycles. The minimum atomic E-state index is -0.478. The molecule has 0 aromatic carbocycles. The predicted molar refractivity (Wildman–Crippen MR) is 117 cm³/mol. The molecular formula is C20H44Cl2N2O2. The van der Waals surface area contributed by atoms with E-state index >= 15 is 0 Å². The van der Waals surface area contributed by atoms with E-state index in [0.717, 1.165) is 25.7 Å². The van der Waals surface area contributed by atoms with Gasteiger partial charge in [0.05, 0.1) is 6.61 Å². The van der Waals surface area contributed by atoms with Crippen molar-refractivity contribution in [3.63, 3.8) is 0 Å². The molecule has 160 valence electrons. The van der Waals surface area contributed by atoms with Gasteiger partial charge in [0.15, 0.2) is 0 Å². The molecule has 0 rings (SSSR count). The number of rotatable bonds is 18. The summed E-state index contributed by atoms with van der Waals surface area (Å²) in [4.78, 5) is 11.7. The first kappa shape index (κ1) is 30.7. The van der Waals surface area contributed by atoms with Gasteiger partial charge >= 0.3 is 5.97 Å². The lowest BCUT2D eigenvalue weighted by Gasteiger charge is -2.11. The van der Waals surface area contributed by atoms with E-state index in [9.17, 15) is 4.79 Å². The molecule has 0 aliphatic rings. The number of carbonyl (C=O) groups is 1. The van der Waals surface area contributed by atoms with Crippen LogP contribution in [0.25, 0.3) is 0 Å². The van der Waals surface area contributed by atoms with Crippen LogP contribution in [0.15, 0.2) is 0 Å². The molecule has 0 aliphatic carbocycles. The SMILES string of the molecule is CCCCCCCCCCCCCCOC(=O)C(N)CCCCN.Cl.Cl. The number of hydrogen-bond donors (Lipinski definition) is 2. The molecule has 4 nitrogen and oxygen atoms in total. The second-order valence-electron chi connectivity index (χ2n) is 6.95. The van der Waals surface area contributed by atoms with E-state index in [-0.39, 0.29) is 30.8 Å². The summed E-state index contributed by atoms with van der Waals surface area (Å²) in [5.41, 5.74) is 11.2. The normalized spacial score (nSPS) is 11.3. The van der Waals surface area contributed by atoms with E-state index in [1.807, 2.05) is 0 Å². The number of carbonyl (C=O) groups excluding carboxylic acids is 1. The summed E-state index contributed by atoms with van der Waals surface area (Å²) in [6, 6.07) is -0.478. The zero-order valence-corrected chi connectivity index (χ0v) is 18.5. The Hall–Kier alpha value is -0.0300. The van der Waals surface area contributed by atoms with Gasteiger partial charge in [0.25, 0.3) is 0 Å². The van der Waals surface area contributed by atoms with Crippen LogP contribution in [0.1, 0.15) is 103 Å². The predicted octanol–water partition coefficient (Wildman–Crippen LogP) is 5.53. The van der Waals surface area contributed by atoms with E-state index in [1.165, 1.54) is 64.2 Å². The Bertz CT molecular complexity index is 283. The fraction of sp³-hybridized carbons (Fsp3) is 0.950. The van der Waals surface area contributed by atoms with Crippen molar-refractivity contribution < 1.29 is 9.53 Å². The highest BCUT2D eigenvalue weighted by Crippen LogP contribution is 2.12. The van der Waals surface area contributed by atoms with Crippen molar-refractivity contribution in [1.29, 1.82) is 0 Å². The summed E-state index contributed by atoms with van der Waals surface area (Å²) >= 11 is 0. The van der Waals surface area contributed by atoms with Gasteiger partial charge in [-0.2, -0.15) is 0 Å². The lowest BCUT2D eigenvalue weighted by Crippen LogP contribution is -2.32. The number of unbranched alkanes of at least 4 members (excludes halogenated alkanes) is 12. The van der Waals surface area contributed by atoms with Crippen molar-refractivity contribution in [2.75, 3.05) is 13.2 Å². The first-order chi connectivity index (χ1) is 11.7. The third-order valence-electron chi connectivity index (χ3n) is 4.51. The summed E-state index contributed by atoms with van der Waals surface area (Å²) in [5, 5.41) is 0. The van der Waals surface area contributed by atoms with Gasteiger partial charge in [-0.05, 0) is 25.8 Å². The standard InChI is InChI=1S/C20H42N2O2.2ClH/c1-2-3-4-5-6-7-8-9-10-11-12-15-18-24-20(23)19(22)16-13-14-17-21;;/h19H,2-18,21-22H2,1H3;2*1H. The second kappa shape index (κ2) is 25.0. The summed E-state index contributed by atoms with van der Waals surface area (Å²) in [6.45, 7) is 3.43. The van der Waals surface area contributed by atoms with Crippen molar-refractivity contribution in [1.82, 2.24) is 0 Å². The van der Waals surface area contributed by atoms with Crippen LogP contribution in [0.3, 0.4) is 0 Å². The van der Waals surface area contributed by atoms with Crippen LogP contribution in [0, 0.1) is 0 Å². The Labute approximate surface area is 174 Å². The smallest absolute Gasteiger partial charge is 0.322 e. The summed E-state index contributed by atoms with van der Waals surface area (Å²) in [6.07, 6.45) is 18.2. The van der Waals surface area contributed by atoms with E-state index in [1.54, 1.807) is 0 Å². The lowest BCUT2D eigenvalue weighted by atomic mass is 10.1. The zero-order chi connectivity index (χ0) is 17.9. The molecule has 6 heteroatoms. The van der Waals surface area contributed by atoms with Crippen LogP contribution in [-0.2, 0) is 9.53 Å². The molecule has 4 N–H and O–H groups in total. The number of halogens is 2. The Balaban J connectivity index is -0.00000264. The first-order valence-corrected chi connectivity index (χ1v) is 10.3. The van der Waals surface area contributed by atoms with Gasteiger partial charge < -0.3 is 16.2 Å². The lowest BCUT2D eigenvalue weighted by molar-refractivity contribution is -0.145. The van der Waals surface area contributed by atoms with E-state index in [2.05, 4.69) is 6.92 Å². The van der Waals surface area contributed by atoms with Crippen molar-refractivity contribution in [2.24, 2.45) is 11.5 Å². The maximum atomic E-state index is 11.7. The molecule has 1 atom stereocenters. The van der Waals surface area contributed by atoms with Crippen molar-refractivity contribution in [3.8, 4) is 0 Å². The molecular weight excluding hydrogens is 371 g/mol. The number of esters is 1. The van der Waals surface area contributed by atoms with Crippen LogP contribution in [-0.4, -0.2) is 25.2 Å². The molecule has 0 amide bonds. The number of ether oxygens (including phenoxy) is 1. The molecule has 0 bridgehead atoms. The highest BCUT2D eigenvalue weighted by molar-refractivity contribution is 5.85. The van der Waals surface area contributed by atoms with Crippen molar-refractivity contribution >= 4 is 30.8 Å². The molecule has 0 fully saturated rings. The topological polar surface area (TPSA) is 78.3 Å². The average Bonchev–Trinajstić information content (AvgIpc) is 2.58. The monoisotopic (exact) mass is 414 g/mol. The summed E-state index contributed by atoms with van der Waals surface area (Å²) in [7, 11) is 0. The molecule has 0 saturated carbocycles. The van der Waals surface area contributed by atoms with E-state index < -0.39 is 6.04 Å². The van der Waals surface area contributed by atoms with Crippen LogP contribution in [0.2, 0.25) is 0 Å². The molecule has 0 saturated heterocycles. The number of nitrogens with two attached hydrogens (primary N) is 2. The molecule has 0 aliphatic heterocycles. The molecule has 1 unspecified atom stereocenters. The van der Waals surface area contributed by atoms with Crippen LogP contribution in [0.4, 0.5) is 0 Å². The minimum Gasteiger partial charge on any atom is -0.465 e. The van der Waals surface area contributed by atoms with E-state index in [0.29, 0.717) is 19.6 Å². The van der Waals surface area contributed by atoms with Crippen LogP contribution >= 0.6 is 24.8 Å². The van der Waals surface area contributed by atoms with Gasteiger partial charge in [0, 0.05) is 0 Å². The third kappa shape index (κ3) is 22.0. The summed E-state index contributed by atoms with van der Waals surface area (Å²) < 4.78 is 5.23. The quantitative estimate of drug-likeness (QED) is 0.228. The van der Waals surface area contributed by atoms with Crippen molar-refractivity contribution in [3.05, 3.63) is 0 Å². The fourth-order valence-electron chi connectivity index (χ4n) is 2.85. The van der Waals surface area contributed by atoms with Gasteiger partial charge in [0.2, 0.25) is 0 Å². The van der Waals surface area contributed by atoms with Gasteiger partial charge in [0.1, 0.15) is 6.04 Å². The highest BCUT2D eigenvalue weighted by Gasteiger charge is 2.13. The molecule has 0 spiro atoms. The third-order valence-corrected chi connectivity index (χ3v) is 4.51. The second-order valence-corrected chi connectivity index (χ2v) is 6.95. The van der Waals surface area contributed by atoms with Crippen LogP contribution in [0.5, 0.6) is 0 Å². The molecule has 0 aromatic rings. The molecule has 0 radical (unpaired) electrons. The van der Waals surface area contributed by atoms with Crippen LogP contribution < -0.4 is 11.5 Å².